The maximum atomic E-state index is 13.8. The van der Waals surface area contributed by atoms with Gasteiger partial charge >= 0.3 is 0 Å². The summed E-state index contributed by atoms with van der Waals surface area (Å²) in [5.41, 5.74) is 10.6. The standard InChI is InChI=1S/C25H20ClN5O2S/c1-15-10-11-19(12-16(15)2)34(32,33)23-22-25(30-21-9-4-3-8-20(21)29-22)31(24(23)27)28-14-17-6-5-7-18(26)13-17/h3-14H,27H2,1-2H3. The number of benzene rings is 3. The molecule has 3 aromatic carbocycles. The molecule has 34 heavy (non-hydrogen) atoms. The number of rotatable bonds is 4. The lowest BCUT2D eigenvalue weighted by atomic mass is 10.1. The van der Waals surface area contributed by atoms with Crippen LogP contribution in [0.5, 0.6) is 0 Å². The van der Waals surface area contributed by atoms with Crippen molar-refractivity contribution in [2.24, 2.45) is 5.10 Å². The van der Waals surface area contributed by atoms with E-state index in [4.69, 9.17) is 17.3 Å². The zero-order valence-corrected chi connectivity index (χ0v) is 20.0. The van der Waals surface area contributed by atoms with E-state index in [2.05, 4.69) is 15.1 Å². The van der Waals surface area contributed by atoms with Crippen molar-refractivity contribution >= 4 is 55.7 Å². The van der Waals surface area contributed by atoms with Gasteiger partial charge < -0.3 is 5.73 Å². The van der Waals surface area contributed by atoms with Gasteiger partial charge in [-0.05, 0) is 66.9 Å². The molecule has 2 N–H and O–H groups in total. The molecule has 0 aliphatic heterocycles. The zero-order valence-electron chi connectivity index (χ0n) is 18.4. The number of nitrogen functional groups attached to an aromatic ring is 1. The Kier molecular flexibility index (Phi) is 5.34. The highest BCUT2D eigenvalue weighted by molar-refractivity contribution is 7.92. The van der Waals surface area contributed by atoms with Crippen LogP contribution in [0.3, 0.4) is 0 Å². The number of hydrogen-bond acceptors (Lipinski definition) is 6. The molecule has 5 rings (SSSR count). The summed E-state index contributed by atoms with van der Waals surface area (Å²) in [6.07, 6.45) is 1.55. The van der Waals surface area contributed by atoms with E-state index in [0.29, 0.717) is 16.1 Å². The van der Waals surface area contributed by atoms with Crippen molar-refractivity contribution in [1.82, 2.24) is 14.6 Å². The molecular weight excluding hydrogens is 470 g/mol. The zero-order chi connectivity index (χ0) is 24.0. The Bertz CT molecular complexity index is 1730. The first kappa shape index (κ1) is 22.1. The number of para-hydroxylation sites is 2. The first-order valence-corrected chi connectivity index (χ1v) is 12.3. The average molecular weight is 490 g/mol. The lowest BCUT2D eigenvalue weighted by molar-refractivity contribution is 0.597. The van der Waals surface area contributed by atoms with Crippen LogP contribution >= 0.6 is 11.6 Å². The van der Waals surface area contributed by atoms with Crippen LogP contribution in [-0.4, -0.2) is 29.3 Å². The molecule has 0 spiro atoms. The molecule has 0 bridgehead atoms. The number of nitrogens with zero attached hydrogens (tertiary/aromatic N) is 4. The Morgan fingerprint density at radius 2 is 1.68 bits per heavy atom. The molecule has 2 heterocycles. The lowest BCUT2D eigenvalue weighted by Crippen LogP contribution is -2.07. The van der Waals surface area contributed by atoms with Gasteiger partial charge in [-0.3, -0.25) is 0 Å². The van der Waals surface area contributed by atoms with Crippen molar-refractivity contribution in [1.29, 1.82) is 0 Å². The molecule has 0 aliphatic carbocycles. The summed E-state index contributed by atoms with van der Waals surface area (Å²) in [5.74, 6) is -0.0678. The summed E-state index contributed by atoms with van der Waals surface area (Å²) in [6, 6.07) is 19.3. The summed E-state index contributed by atoms with van der Waals surface area (Å²) in [6.45, 7) is 3.79. The van der Waals surface area contributed by atoms with E-state index >= 15 is 0 Å². The van der Waals surface area contributed by atoms with Gasteiger partial charge in [0.05, 0.1) is 22.1 Å². The van der Waals surface area contributed by atoms with Crippen LogP contribution in [0, 0.1) is 13.8 Å². The fourth-order valence-electron chi connectivity index (χ4n) is 3.71. The van der Waals surface area contributed by atoms with Gasteiger partial charge in [-0.25, -0.2) is 18.4 Å². The summed E-state index contributed by atoms with van der Waals surface area (Å²) in [7, 11) is -4.02. The molecule has 0 saturated heterocycles. The fourth-order valence-corrected chi connectivity index (χ4v) is 5.48. The van der Waals surface area contributed by atoms with Crippen molar-refractivity contribution in [2.45, 2.75) is 23.6 Å². The number of hydrogen-bond donors (Lipinski definition) is 1. The van der Waals surface area contributed by atoms with Crippen LogP contribution in [0.25, 0.3) is 22.2 Å². The molecule has 2 aromatic heterocycles. The van der Waals surface area contributed by atoms with Gasteiger partial charge in [0.2, 0.25) is 9.84 Å². The Morgan fingerprint density at radius 1 is 0.941 bits per heavy atom. The van der Waals surface area contributed by atoms with Crippen molar-refractivity contribution in [3.8, 4) is 0 Å². The van der Waals surface area contributed by atoms with E-state index in [1.807, 2.05) is 32.0 Å². The molecule has 0 saturated carbocycles. The molecule has 5 aromatic rings. The monoisotopic (exact) mass is 489 g/mol. The largest absolute Gasteiger partial charge is 0.382 e. The SMILES string of the molecule is Cc1ccc(S(=O)(=O)c2c(N)n(N=Cc3cccc(Cl)c3)c3nc4ccccc4nc23)cc1C. The van der Waals surface area contributed by atoms with E-state index in [9.17, 15) is 8.42 Å². The highest BCUT2D eigenvalue weighted by atomic mass is 35.5. The van der Waals surface area contributed by atoms with E-state index in [1.54, 1.807) is 54.7 Å². The number of sulfone groups is 1. The fraction of sp³-hybridized carbons (Fsp3) is 0.0800. The van der Waals surface area contributed by atoms with Gasteiger partial charge in [-0.1, -0.05) is 41.9 Å². The van der Waals surface area contributed by atoms with Gasteiger partial charge in [-0.2, -0.15) is 9.78 Å². The molecule has 0 fully saturated rings. The molecule has 0 aliphatic rings. The molecule has 0 radical (unpaired) electrons. The van der Waals surface area contributed by atoms with Crippen molar-refractivity contribution < 1.29 is 8.42 Å². The highest BCUT2D eigenvalue weighted by Gasteiger charge is 2.30. The third-order valence-corrected chi connectivity index (χ3v) is 7.71. The highest BCUT2D eigenvalue weighted by Crippen LogP contribution is 2.35. The third kappa shape index (κ3) is 3.70. The van der Waals surface area contributed by atoms with Crippen LogP contribution in [0.15, 0.2) is 81.6 Å². The average Bonchev–Trinajstić information content (AvgIpc) is 3.08. The molecule has 170 valence electrons. The number of fused-ring (bicyclic) bond motifs is 2. The normalized spacial score (nSPS) is 12.2. The van der Waals surface area contributed by atoms with Gasteiger partial charge in [-0.15, -0.1) is 0 Å². The first-order valence-electron chi connectivity index (χ1n) is 10.4. The molecule has 0 atom stereocenters. The summed E-state index contributed by atoms with van der Waals surface area (Å²) in [5, 5.41) is 5.01. The minimum absolute atomic E-state index is 0.0678. The third-order valence-electron chi connectivity index (χ3n) is 5.66. The quantitative estimate of drug-likeness (QED) is 0.351. The van der Waals surface area contributed by atoms with Crippen LogP contribution < -0.4 is 5.73 Å². The predicted octanol–water partition coefficient (Wildman–Crippen LogP) is 5.15. The van der Waals surface area contributed by atoms with Crippen molar-refractivity contribution in [3.63, 3.8) is 0 Å². The number of anilines is 1. The summed E-state index contributed by atoms with van der Waals surface area (Å²) >= 11 is 6.08. The second kappa shape index (κ2) is 8.23. The molecule has 0 unspecified atom stereocenters. The van der Waals surface area contributed by atoms with E-state index in [1.165, 1.54) is 4.68 Å². The Morgan fingerprint density at radius 3 is 2.38 bits per heavy atom. The topological polar surface area (TPSA) is 103 Å². The summed E-state index contributed by atoms with van der Waals surface area (Å²) in [4.78, 5) is 9.28. The van der Waals surface area contributed by atoms with Crippen LogP contribution in [0.4, 0.5) is 5.82 Å². The van der Waals surface area contributed by atoms with E-state index < -0.39 is 9.84 Å². The maximum Gasteiger partial charge on any atom is 0.212 e. The Hall–Kier alpha value is -3.75. The van der Waals surface area contributed by atoms with Gasteiger partial charge in [0, 0.05) is 5.02 Å². The van der Waals surface area contributed by atoms with Crippen LogP contribution in [0.1, 0.15) is 16.7 Å². The maximum absolute atomic E-state index is 13.8. The summed E-state index contributed by atoms with van der Waals surface area (Å²) < 4.78 is 28.8. The number of nitrogens with two attached hydrogens (primary N) is 1. The Labute approximate surface area is 201 Å². The smallest absolute Gasteiger partial charge is 0.212 e. The first-order chi connectivity index (χ1) is 16.3. The lowest BCUT2D eigenvalue weighted by Gasteiger charge is -2.07. The predicted molar refractivity (Wildman–Crippen MR) is 135 cm³/mol. The van der Waals surface area contributed by atoms with Crippen molar-refractivity contribution in [3.05, 3.63) is 88.4 Å². The van der Waals surface area contributed by atoms with Crippen LogP contribution in [-0.2, 0) is 9.84 Å². The van der Waals surface area contributed by atoms with Gasteiger partial charge in [0.1, 0.15) is 16.2 Å². The van der Waals surface area contributed by atoms with Gasteiger partial charge in [0.25, 0.3) is 0 Å². The minimum atomic E-state index is -4.02. The second-order valence-electron chi connectivity index (χ2n) is 7.96. The Balaban J connectivity index is 1.80. The minimum Gasteiger partial charge on any atom is -0.382 e. The van der Waals surface area contributed by atoms with E-state index in [0.717, 1.165) is 16.7 Å². The molecule has 0 amide bonds. The molecule has 7 nitrogen and oxygen atoms in total. The molecular formula is C25H20ClN5O2S. The van der Waals surface area contributed by atoms with E-state index in [-0.39, 0.29) is 26.8 Å². The van der Waals surface area contributed by atoms with Gasteiger partial charge in [0.15, 0.2) is 5.65 Å². The number of aryl methyl sites for hydroxylation is 2. The number of aromatic nitrogens is 3. The molecule has 9 heteroatoms. The van der Waals surface area contributed by atoms with Crippen molar-refractivity contribution in [2.75, 3.05) is 5.73 Å². The number of halogens is 1. The van der Waals surface area contributed by atoms with Crippen LogP contribution in [0.2, 0.25) is 5.02 Å². The second-order valence-corrected chi connectivity index (χ2v) is 10.3.